The number of benzene rings is 2. The van der Waals surface area contributed by atoms with Crippen molar-refractivity contribution in [2.24, 2.45) is 0 Å². The summed E-state index contributed by atoms with van der Waals surface area (Å²) in [5, 5.41) is 3.90. The maximum absolute atomic E-state index is 14.0. The lowest BCUT2D eigenvalue weighted by molar-refractivity contribution is 0.586. The number of nitrogens with one attached hydrogen (secondary N) is 2. The zero-order chi connectivity index (χ0) is 21.6. The summed E-state index contributed by atoms with van der Waals surface area (Å²) in [7, 11) is 0. The van der Waals surface area contributed by atoms with Crippen molar-refractivity contribution >= 4 is 39.6 Å². The second-order valence-corrected chi connectivity index (χ2v) is 8.02. The highest BCUT2D eigenvalue weighted by molar-refractivity contribution is 6.34. The monoisotopic (exact) mass is 433 g/mol. The summed E-state index contributed by atoms with van der Waals surface area (Å²) in [5.41, 5.74) is 3.46. The first kappa shape index (κ1) is 19.3. The highest BCUT2D eigenvalue weighted by atomic mass is 35.5. The topological polar surface area (TPSA) is 92.3 Å². The quantitative estimate of drug-likeness (QED) is 0.409. The zero-order valence-corrected chi connectivity index (χ0v) is 17.4. The summed E-state index contributed by atoms with van der Waals surface area (Å²) in [4.78, 5) is 25.4. The van der Waals surface area contributed by atoms with Crippen molar-refractivity contribution < 1.29 is 4.39 Å². The maximum atomic E-state index is 14.0. The number of halogens is 2. The largest absolute Gasteiger partial charge is 0.358 e. The van der Waals surface area contributed by atoms with E-state index in [0.29, 0.717) is 50.0 Å². The number of hydrogen-bond acceptors (Lipinski definition) is 6. The molecule has 0 aliphatic rings. The van der Waals surface area contributed by atoms with E-state index in [0.717, 1.165) is 0 Å². The van der Waals surface area contributed by atoms with E-state index in [-0.39, 0.29) is 5.82 Å². The molecule has 5 aromatic rings. The molecule has 0 saturated heterocycles. The number of H-pyrrole nitrogens is 1. The van der Waals surface area contributed by atoms with Crippen molar-refractivity contribution in [3.05, 3.63) is 71.7 Å². The van der Waals surface area contributed by atoms with Gasteiger partial charge in [-0.3, -0.25) is 0 Å². The van der Waals surface area contributed by atoms with Crippen LogP contribution in [0.15, 0.2) is 55.1 Å². The Morgan fingerprint density at radius 2 is 1.87 bits per heavy atom. The summed E-state index contributed by atoms with van der Waals surface area (Å²) < 4.78 is 14.0. The molecule has 31 heavy (non-hydrogen) atoms. The third kappa shape index (κ3) is 3.44. The molecule has 0 aliphatic heterocycles. The van der Waals surface area contributed by atoms with Crippen LogP contribution in [0.5, 0.6) is 0 Å². The molecule has 0 fully saturated rings. The van der Waals surface area contributed by atoms with Crippen LogP contribution in [0, 0.1) is 5.82 Å². The number of aromatic amines is 1. The molecule has 7 nitrogen and oxygen atoms in total. The maximum Gasteiger partial charge on any atom is 0.182 e. The molecule has 3 heterocycles. The molecule has 0 atom stereocenters. The number of para-hydroxylation sites is 1. The summed E-state index contributed by atoms with van der Waals surface area (Å²) in [5.74, 6) is 0.218. The van der Waals surface area contributed by atoms with Crippen LogP contribution in [0.1, 0.15) is 19.5 Å². The van der Waals surface area contributed by atoms with Gasteiger partial charge < -0.3 is 10.3 Å². The molecule has 2 N–H and O–H groups in total. The molecular weight excluding hydrogens is 417 g/mol. The summed E-state index contributed by atoms with van der Waals surface area (Å²) in [6.45, 7) is 3.92. The van der Waals surface area contributed by atoms with Crippen molar-refractivity contribution in [2.75, 3.05) is 5.32 Å². The fraction of sp³-hybridized carbons (Fsp3) is 0.136. The Morgan fingerprint density at radius 1 is 1.03 bits per heavy atom. The van der Waals surface area contributed by atoms with E-state index < -0.39 is 5.54 Å². The molecule has 0 amide bonds. The lowest BCUT2D eigenvalue weighted by Crippen LogP contribution is -2.31. The van der Waals surface area contributed by atoms with Crippen LogP contribution in [0.4, 0.5) is 10.2 Å². The highest BCUT2D eigenvalue weighted by Crippen LogP contribution is 2.35. The van der Waals surface area contributed by atoms with Gasteiger partial charge in [-0.2, -0.15) is 0 Å². The smallest absolute Gasteiger partial charge is 0.182 e. The molecular formula is C22H17ClFN7. The fourth-order valence-corrected chi connectivity index (χ4v) is 3.74. The van der Waals surface area contributed by atoms with Crippen molar-refractivity contribution in [2.45, 2.75) is 19.4 Å². The third-order valence-corrected chi connectivity index (χ3v) is 5.29. The van der Waals surface area contributed by atoms with Gasteiger partial charge in [-0.15, -0.1) is 0 Å². The predicted octanol–water partition coefficient (Wildman–Crippen LogP) is 5.10. The van der Waals surface area contributed by atoms with Crippen LogP contribution < -0.4 is 5.32 Å². The van der Waals surface area contributed by atoms with Crippen molar-refractivity contribution in [3.63, 3.8) is 0 Å². The van der Waals surface area contributed by atoms with Crippen molar-refractivity contribution in [3.8, 4) is 11.3 Å². The Morgan fingerprint density at radius 3 is 2.71 bits per heavy atom. The minimum absolute atomic E-state index is 0.356. The lowest BCUT2D eigenvalue weighted by Gasteiger charge is -2.28. The Hall–Kier alpha value is -3.65. The van der Waals surface area contributed by atoms with Crippen molar-refractivity contribution in [1.29, 1.82) is 0 Å². The van der Waals surface area contributed by atoms with Crippen LogP contribution >= 0.6 is 11.6 Å². The number of fused-ring (bicyclic) bond motifs is 2. The van der Waals surface area contributed by atoms with Crippen LogP contribution in [-0.4, -0.2) is 29.9 Å². The molecule has 0 bridgehead atoms. The van der Waals surface area contributed by atoms with E-state index in [4.69, 9.17) is 21.6 Å². The Kier molecular flexibility index (Phi) is 4.51. The minimum Gasteiger partial charge on any atom is -0.358 e. The first-order valence-electron chi connectivity index (χ1n) is 9.57. The van der Waals surface area contributed by atoms with Gasteiger partial charge in [0.05, 0.1) is 33.8 Å². The van der Waals surface area contributed by atoms with E-state index in [1.54, 1.807) is 24.5 Å². The number of nitrogens with zero attached hydrogens (tertiary/aromatic N) is 5. The van der Waals surface area contributed by atoms with E-state index in [1.807, 2.05) is 26.0 Å². The molecule has 0 radical (unpaired) electrons. The van der Waals surface area contributed by atoms with Gasteiger partial charge in [0.2, 0.25) is 0 Å². The van der Waals surface area contributed by atoms with Gasteiger partial charge in [-0.05, 0) is 38.1 Å². The predicted molar refractivity (Wildman–Crippen MR) is 118 cm³/mol. The van der Waals surface area contributed by atoms with Gasteiger partial charge in [-0.1, -0.05) is 29.8 Å². The number of aromatic nitrogens is 6. The minimum atomic E-state index is -0.739. The Balaban J connectivity index is 1.72. The standard InChI is InChI=1S/C22H17ClFN7/c1-22(2,31-21-18-20(26-10-25-18)27-11-28-21)19-16(12-5-3-6-13(24)9-12)30-17-14(23)7-4-8-15(17)29-19/h3-11H,1-2H3,(H2,25,26,27,28,31). The van der Waals surface area contributed by atoms with Crippen LogP contribution in [0.2, 0.25) is 5.02 Å². The van der Waals surface area contributed by atoms with Gasteiger partial charge in [-0.25, -0.2) is 29.3 Å². The van der Waals surface area contributed by atoms with Crippen LogP contribution in [0.3, 0.4) is 0 Å². The number of rotatable bonds is 4. The van der Waals surface area contributed by atoms with E-state index >= 15 is 0 Å². The second-order valence-electron chi connectivity index (χ2n) is 7.61. The Labute approximate surface area is 181 Å². The summed E-state index contributed by atoms with van der Waals surface area (Å²) in [6.07, 6.45) is 3.01. The van der Waals surface area contributed by atoms with Gasteiger partial charge in [0.15, 0.2) is 11.5 Å². The number of anilines is 1. The SMILES string of the molecule is CC(C)(Nc1ncnc2nc[nH]c12)c1nc2cccc(Cl)c2nc1-c1cccc(F)c1. The van der Waals surface area contributed by atoms with E-state index in [2.05, 4.69) is 25.3 Å². The molecule has 9 heteroatoms. The first-order valence-corrected chi connectivity index (χ1v) is 9.95. The van der Waals surface area contributed by atoms with E-state index in [9.17, 15) is 4.39 Å². The lowest BCUT2D eigenvalue weighted by atomic mass is 9.94. The number of imidazole rings is 1. The fourth-order valence-electron chi connectivity index (χ4n) is 3.53. The average molecular weight is 434 g/mol. The molecule has 0 saturated carbocycles. The second kappa shape index (κ2) is 7.24. The molecule has 2 aromatic carbocycles. The number of hydrogen-bond donors (Lipinski definition) is 2. The molecule has 0 aliphatic carbocycles. The average Bonchev–Trinajstić information content (AvgIpc) is 3.23. The van der Waals surface area contributed by atoms with Gasteiger partial charge in [0.1, 0.15) is 23.2 Å². The molecule has 5 rings (SSSR count). The highest BCUT2D eigenvalue weighted by Gasteiger charge is 2.29. The van der Waals surface area contributed by atoms with Crippen LogP contribution in [-0.2, 0) is 5.54 Å². The summed E-state index contributed by atoms with van der Waals surface area (Å²) in [6, 6.07) is 11.7. The van der Waals surface area contributed by atoms with Crippen LogP contribution in [0.25, 0.3) is 33.5 Å². The van der Waals surface area contributed by atoms with Crippen molar-refractivity contribution in [1.82, 2.24) is 29.9 Å². The van der Waals surface area contributed by atoms with Gasteiger partial charge >= 0.3 is 0 Å². The first-order chi connectivity index (χ1) is 14.9. The third-order valence-electron chi connectivity index (χ3n) is 4.99. The van der Waals surface area contributed by atoms with Gasteiger partial charge in [0.25, 0.3) is 0 Å². The molecule has 0 spiro atoms. The molecule has 3 aromatic heterocycles. The van der Waals surface area contributed by atoms with Gasteiger partial charge in [0, 0.05) is 5.56 Å². The summed E-state index contributed by atoms with van der Waals surface area (Å²) >= 11 is 6.38. The van der Waals surface area contributed by atoms with E-state index in [1.165, 1.54) is 18.5 Å². The zero-order valence-electron chi connectivity index (χ0n) is 16.7. The molecule has 0 unspecified atom stereocenters. The normalized spacial score (nSPS) is 11.9. The Bertz CT molecular complexity index is 1430. The molecule has 154 valence electrons.